The van der Waals surface area contributed by atoms with E-state index in [1.165, 1.54) is 0 Å². The number of aryl methyl sites for hydroxylation is 2. The minimum Gasteiger partial charge on any atom is -0.496 e. The number of hydrogen-bond donors (Lipinski definition) is 1. The number of benzene rings is 1. The van der Waals surface area contributed by atoms with Gasteiger partial charge in [0.1, 0.15) is 5.75 Å². The molecule has 0 aliphatic carbocycles. The molecule has 2 aromatic rings. The van der Waals surface area contributed by atoms with Crippen molar-refractivity contribution in [2.75, 3.05) is 13.7 Å². The number of rotatable bonds is 6. The molecule has 1 N–H and O–H groups in total. The van der Waals surface area contributed by atoms with E-state index in [1.807, 2.05) is 30.7 Å². The molecule has 0 fully saturated rings. The predicted octanol–water partition coefficient (Wildman–Crippen LogP) is 2.98. The van der Waals surface area contributed by atoms with Crippen molar-refractivity contribution in [1.29, 1.82) is 0 Å². The average Bonchev–Trinajstić information content (AvgIpc) is 2.78. The zero-order valence-corrected chi connectivity index (χ0v) is 13.8. The zero-order valence-electron chi connectivity index (χ0n) is 13.0. The molecule has 6 heteroatoms. The van der Waals surface area contributed by atoms with Crippen LogP contribution in [0.15, 0.2) is 24.3 Å². The normalized spacial score (nSPS) is 10.5. The van der Waals surface area contributed by atoms with Crippen LogP contribution < -0.4 is 10.1 Å². The van der Waals surface area contributed by atoms with Gasteiger partial charge in [-0.2, -0.15) is 5.10 Å². The Balaban J connectivity index is 1.86. The molecule has 0 unspecified atom stereocenters. The predicted molar refractivity (Wildman–Crippen MR) is 86.7 cm³/mol. The van der Waals surface area contributed by atoms with Crippen molar-refractivity contribution in [3.63, 3.8) is 0 Å². The van der Waals surface area contributed by atoms with Crippen molar-refractivity contribution < 1.29 is 9.53 Å². The van der Waals surface area contributed by atoms with Crippen LogP contribution in [0.1, 0.15) is 28.2 Å². The summed E-state index contributed by atoms with van der Waals surface area (Å²) in [7, 11) is 1.55. The van der Waals surface area contributed by atoms with Crippen molar-refractivity contribution in [3.05, 3.63) is 46.2 Å². The molecule has 0 saturated carbocycles. The lowest BCUT2D eigenvalue weighted by atomic mass is 10.2. The third-order valence-corrected chi connectivity index (χ3v) is 4.02. The highest BCUT2D eigenvalue weighted by Crippen LogP contribution is 2.19. The van der Waals surface area contributed by atoms with Gasteiger partial charge >= 0.3 is 0 Å². The van der Waals surface area contributed by atoms with E-state index in [0.29, 0.717) is 29.4 Å². The average molecular weight is 322 g/mol. The highest BCUT2D eigenvalue weighted by molar-refractivity contribution is 6.31. The molecule has 0 spiro atoms. The van der Waals surface area contributed by atoms with Gasteiger partial charge in [-0.1, -0.05) is 23.7 Å². The second kappa shape index (κ2) is 7.31. The number of ether oxygens (including phenoxy) is 1. The standard InChI is InChI=1S/C16H20ClN3O2/c1-11-15(17)12(2)20(19-11)10-6-9-18-16(21)13-7-4-5-8-14(13)22-3/h4-5,7-8H,6,9-10H2,1-3H3,(H,18,21). The molecule has 0 saturated heterocycles. The first-order valence-corrected chi connectivity index (χ1v) is 7.53. The fraction of sp³-hybridized carbons (Fsp3) is 0.375. The molecule has 0 bridgehead atoms. The van der Waals surface area contributed by atoms with E-state index >= 15 is 0 Å². The minimum atomic E-state index is -0.135. The first kappa shape index (κ1) is 16.4. The highest BCUT2D eigenvalue weighted by Gasteiger charge is 2.11. The highest BCUT2D eigenvalue weighted by atomic mass is 35.5. The van der Waals surface area contributed by atoms with Gasteiger partial charge in [-0.3, -0.25) is 9.48 Å². The number of nitrogens with one attached hydrogen (secondary N) is 1. The van der Waals surface area contributed by atoms with Gasteiger partial charge < -0.3 is 10.1 Å². The molecule has 0 atom stereocenters. The van der Waals surface area contributed by atoms with Gasteiger partial charge in [0.05, 0.1) is 29.1 Å². The molecule has 1 aromatic carbocycles. The number of aromatic nitrogens is 2. The van der Waals surface area contributed by atoms with E-state index in [4.69, 9.17) is 16.3 Å². The second-order valence-electron chi connectivity index (χ2n) is 5.02. The van der Waals surface area contributed by atoms with Gasteiger partial charge in [0.2, 0.25) is 0 Å². The van der Waals surface area contributed by atoms with Crippen molar-refractivity contribution in [3.8, 4) is 5.75 Å². The summed E-state index contributed by atoms with van der Waals surface area (Å²) in [6, 6.07) is 7.17. The van der Waals surface area contributed by atoms with E-state index in [1.54, 1.807) is 19.2 Å². The maximum atomic E-state index is 12.1. The smallest absolute Gasteiger partial charge is 0.255 e. The number of hydrogen-bond acceptors (Lipinski definition) is 3. The van der Waals surface area contributed by atoms with Crippen molar-refractivity contribution >= 4 is 17.5 Å². The Morgan fingerprint density at radius 2 is 2.09 bits per heavy atom. The van der Waals surface area contributed by atoms with Crippen LogP contribution in [-0.2, 0) is 6.54 Å². The number of carbonyl (C=O) groups is 1. The molecule has 5 nitrogen and oxygen atoms in total. The molecular formula is C16H20ClN3O2. The Kier molecular flexibility index (Phi) is 5.44. The largest absolute Gasteiger partial charge is 0.496 e. The number of amides is 1. The van der Waals surface area contributed by atoms with Crippen LogP contribution in [0.2, 0.25) is 5.02 Å². The van der Waals surface area contributed by atoms with Gasteiger partial charge in [-0.05, 0) is 32.4 Å². The Hall–Kier alpha value is -2.01. The fourth-order valence-electron chi connectivity index (χ4n) is 2.25. The Morgan fingerprint density at radius 1 is 1.36 bits per heavy atom. The number of nitrogens with zero attached hydrogens (tertiary/aromatic N) is 2. The van der Waals surface area contributed by atoms with Crippen LogP contribution in [0.3, 0.4) is 0 Å². The van der Waals surface area contributed by atoms with Gasteiger partial charge in [-0.15, -0.1) is 0 Å². The van der Waals surface area contributed by atoms with Crippen LogP contribution in [0, 0.1) is 13.8 Å². The summed E-state index contributed by atoms with van der Waals surface area (Å²) in [6.45, 7) is 5.10. The summed E-state index contributed by atoms with van der Waals surface area (Å²) >= 11 is 6.11. The molecular weight excluding hydrogens is 302 g/mol. The summed E-state index contributed by atoms with van der Waals surface area (Å²) < 4.78 is 7.05. The number of carbonyl (C=O) groups excluding carboxylic acids is 1. The molecule has 1 heterocycles. The number of halogens is 1. The number of methoxy groups -OCH3 is 1. The van der Waals surface area contributed by atoms with E-state index in [9.17, 15) is 4.79 Å². The lowest BCUT2D eigenvalue weighted by Crippen LogP contribution is -2.25. The minimum absolute atomic E-state index is 0.135. The van der Waals surface area contributed by atoms with Crippen LogP contribution in [0.25, 0.3) is 0 Å². The Bertz CT molecular complexity index is 667. The van der Waals surface area contributed by atoms with Gasteiger partial charge in [-0.25, -0.2) is 0 Å². The molecule has 118 valence electrons. The summed E-state index contributed by atoms with van der Waals surface area (Å²) in [4.78, 5) is 12.1. The lowest BCUT2D eigenvalue weighted by Gasteiger charge is -2.09. The molecule has 0 aliphatic rings. The molecule has 22 heavy (non-hydrogen) atoms. The van der Waals surface area contributed by atoms with Gasteiger partial charge in [0.25, 0.3) is 5.91 Å². The molecule has 1 aromatic heterocycles. The zero-order chi connectivity index (χ0) is 16.1. The van der Waals surface area contributed by atoms with Gasteiger partial charge in [0.15, 0.2) is 0 Å². The first-order chi connectivity index (χ1) is 10.5. The third kappa shape index (κ3) is 3.60. The Morgan fingerprint density at radius 3 is 2.73 bits per heavy atom. The van der Waals surface area contributed by atoms with E-state index < -0.39 is 0 Å². The van der Waals surface area contributed by atoms with Crippen LogP contribution in [0.5, 0.6) is 5.75 Å². The molecule has 2 rings (SSSR count). The maximum absolute atomic E-state index is 12.1. The van der Waals surface area contributed by atoms with Gasteiger partial charge in [0, 0.05) is 13.1 Å². The first-order valence-electron chi connectivity index (χ1n) is 7.15. The van der Waals surface area contributed by atoms with Crippen LogP contribution >= 0.6 is 11.6 Å². The van der Waals surface area contributed by atoms with Crippen LogP contribution in [0.4, 0.5) is 0 Å². The number of para-hydroxylation sites is 1. The van der Waals surface area contributed by atoms with E-state index in [0.717, 1.165) is 17.8 Å². The summed E-state index contributed by atoms with van der Waals surface area (Å²) in [6.07, 6.45) is 0.777. The monoisotopic (exact) mass is 321 g/mol. The molecule has 0 radical (unpaired) electrons. The van der Waals surface area contributed by atoms with Crippen molar-refractivity contribution in [1.82, 2.24) is 15.1 Å². The summed E-state index contributed by atoms with van der Waals surface area (Å²) in [5.74, 6) is 0.439. The fourth-order valence-corrected chi connectivity index (χ4v) is 2.39. The molecule has 1 amide bonds. The maximum Gasteiger partial charge on any atom is 0.255 e. The van der Waals surface area contributed by atoms with E-state index in [2.05, 4.69) is 10.4 Å². The van der Waals surface area contributed by atoms with Crippen molar-refractivity contribution in [2.45, 2.75) is 26.8 Å². The van der Waals surface area contributed by atoms with Crippen molar-refractivity contribution in [2.24, 2.45) is 0 Å². The lowest BCUT2D eigenvalue weighted by molar-refractivity contribution is 0.0949. The Labute approximate surface area is 135 Å². The third-order valence-electron chi connectivity index (χ3n) is 3.48. The SMILES string of the molecule is COc1ccccc1C(=O)NCCCn1nc(C)c(Cl)c1C. The summed E-state index contributed by atoms with van der Waals surface area (Å²) in [5.41, 5.74) is 2.33. The summed E-state index contributed by atoms with van der Waals surface area (Å²) in [5, 5.41) is 7.96. The quantitative estimate of drug-likeness (QED) is 0.832. The molecule has 0 aliphatic heterocycles. The topological polar surface area (TPSA) is 56.1 Å². The van der Waals surface area contributed by atoms with E-state index in [-0.39, 0.29) is 5.91 Å². The van der Waals surface area contributed by atoms with Crippen LogP contribution in [-0.4, -0.2) is 29.3 Å². The second-order valence-corrected chi connectivity index (χ2v) is 5.40.